The molecule has 0 saturated carbocycles. The number of hydrogen-bond acceptors (Lipinski definition) is 5. The molecule has 0 bridgehead atoms. The number of amides is 2. The maximum atomic E-state index is 13.0. The quantitative estimate of drug-likeness (QED) is 0.845. The predicted octanol–water partition coefficient (Wildman–Crippen LogP) is 1.55. The number of nitrogens with zero attached hydrogens (tertiary/aromatic N) is 3. The van der Waals surface area contributed by atoms with Gasteiger partial charge in [0.2, 0.25) is 5.91 Å². The number of likely N-dealkylation sites (tertiary alicyclic amines) is 1. The summed E-state index contributed by atoms with van der Waals surface area (Å²) in [5, 5.41) is 0. The van der Waals surface area contributed by atoms with Crippen LogP contribution in [0.5, 0.6) is 0 Å². The summed E-state index contributed by atoms with van der Waals surface area (Å²) in [6.07, 6.45) is 3.93. The lowest BCUT2D eigenvalue weighted by molar-refractivity contribution is -0.134. The van der Waals surface area contributed by atoms with Crippen LogP contribution in [-0.2, 0) is 4.79 Å². The van der Waals surface area contributed by atoms with Gasteiger partial charge in [-0.25, -0.2) is 4.98 Å². The molecule has 1 saturated heterocycles. The fourth-order valence-corrected chi connectivity index (χ4v) is 4.12. The van der Waals surface area contributed by atoms with E-state index in [1.54, 1.807) is 28.3 Å². The molecule has 2 aromatic heterocycles. The standard InChI is InChI=1S/C17H23N5O2S/c1-3-21(4-2)16(23)12-9-11(18)10-22(12)17(24)14-6-5-13(25-14)15-19-7-8-20-15/h5-8,11-12H,3-4,9-10,18H2,1-2H3,(H,19,20)/t11-,12+/m1/s1. The zero-order chi connectivity index (χ0) is 18.0. The third-order valence-corrected chi connectivity index (χ3v) is 5.58. The van der Waals surface area contributed by atoms with Crippen LogP contribution in [0, 0.1) is 0 Å². The first-order valence-electron chi connectivity index (χ1n) is 8.50. The third-order valence-electron chi connectivity index (χ3n) is 4.50. The van der Waals surface area contributed by atoms with Crippen molar-refractivity contribution in [3.8, 4) is 10.7 Å². The van der Waals surface area contributed by atoms with Gasteiger partial charge in [-0.3, -0.25) is 9.59 Å². The monoisotopic (exact) mass is 361 g/mol. The van der Waals surface area contributed by atoms with Crippen LogP contribution in [0.15, 0.2) is 24.5 Å². The summed E-state index contributed by atoms with van der Waals surface area (Å²) in [4.78, 5) is 37.8. The number of nitrogens with two attached hydrogens (primary N) is 1. The van der Waals surface area contributed by atoms with Crippen LogP contribution in [0.25, 0.3) is 10.7 Å². The third kappa shape index (κ3) is 3.45. The number of likely N-dealkylation sites (N-methyl/N-ethyl adjacent to an activating group) is 1. The Morgan fingerprint density at radius 1 is 1.40 bits per heavy atom. The Hall–Kier alpha value is -2.19. The van der Waals surface area contributed by atoms with Crippen LogP contribution < -0.4 is 5.73 Å². The van der Waals surface area contributed by atoms with Crippen molar-refractivity contribution in [2.75, 3.05) is 19.6 Å². The fraction of sp³-hybridized carbons (Fsp3) is 0.471. The second kappa shape index (κ2) is 7.37. The summed E-state index contributed by atoms with van der Waals surface area (Å²) < 4.78 is 0. The average Bonchev–Trinajstić information content (AvgIpc) is 3.34. The van der Waals surface area contributed by atoms with Gasteiger partial charge < -0.3 is 20.5 Å². The lowest BCUT2D eigenvalue weighted by atomic mass is 10.1. The first kappa shape index (κ1) is 17.6. The minimum Gasteiger partial charge on any atom is -0.344 e. The fourth-order valence-electron chi connectivity index (χ4n) is 3.19. The second-order valence-corrected chi connectivity index (χ2v) is 7.17. The van der Waals surface area contributed by atoms with E-state index < -0.39 is 6.04 Å². The topological polar surface area (TPSA) is 95.3 Å². The van der Waals surface area contributed by atoms with Gasteiger partial charge >= 0.3 is 0 Å². The number of rotatable bonds is 5. The normalized spacial score (nSPS) is 20.0. The van der Waals surface area contributed by atoms with Gasteiger partial charge in [-0.15, -0.1) is 11.3 Å². The highest BCUT2D eigenvalue weighted by Crippen LogP contribution is 2.29. The van der Waals surface area contributed by atoms with Crippen molar-refractivity contribution < 1.29 is 9.59 Å². The first-order chi connectivity index (χ1) is 12.0. The number of aromatic nitrogens is 2. The molecule has 134 valence electrons. The van der Waals surface area contributed by atoms with Crippen molar-refractivity contribution in [2.45, 2.75) is 32.4 Å². The minimum atomic E-state index is -0.475. The Bertz CT molecular complexity index is 738. The number of thiophene rings is 1. The van der Waals surface area contributed by atoms with Crippen molar-refractivity contribution in [3.05, 3.63) is 29.4 Å². The molecule has 1 fully saturated rings. The maximum Gasteiger partial charge on any atom is 0.264 e. The second-order valence-electron chi connectivity index (χ2n) is 6.08. The molecule has 0 aromatic carbocycles. The average molecular weight is 361 g/mol. The molecule has 0 radical (unpaired) electrons. The summed E-state index contributed by atoms with van der Waals surface area (Å²) in [7, 11) is 0. The molecule has 2 atom stereocenters. The van der Waals surface area contributed by atoms with Crippen LogP contribution in [-0.4, -0.2) is 63.3 Å². The number of carbonyl (C=O) groups excluding carboxylic acids is 2. The highest BCUT2D eigenvalue weighted by molar-refractivity contribution is 7.17. The van der Waals surface area contributed by atoms with Gasteiger partial charge in [-0.2, -0.15) is 0 Å². The smallest absolute Gasteiger partial charge is 0.264 e. The SMILES string of the molecule is CCN(CC)C(=O)[C@@H]1C[C@@H](N)CN1C(=O)c1ccc(-c2ncc[nH]2)s1. The molecule has 0 spiro atoms. The van der Waals surface area contributed by atoms with Crippen LogP contribution in [0.1, 0.15) is 29.9 Å². The van der Waals surface area contributed by atoms with E-state index in [1.165, 1.54) is 11.3 Å². The van der Waals surface area contributed by atoms with Crippen molar-refractivity contribution >= 4 is 23.2 Å². The van der Waals surface area contributed by atoms with Gasteiger partial charge in [0.25, 0.3) is 5.91 Å². The number of carbonyl (C=O) groups is 2. The lowest BCUT2D eigenvalue weighted by Gasteiger charge is -2.28. The molecule has 8 heteroatoms. The zero-order valence-electron chi connectivity index (χ0n) is 14.4. The molecule has 25 heavy (non-hydrogen) atoms. The number of nitrogens with one attached hydrogen (secondary N) is 1. The zero-order valence-corrected chi connectivity index (χ0v) is 15.3. The van der Waals surface area contributed by atoms with Crippen molar-refractivity contribution in [1.82, 2.24) is 19.8 Å². The summed E-state index contributed by atoms with van der Waals surface area (Å²) in [5.41, 5.74) is 6.06. The van der Waals surface area contributed by atoms with Crippen LogP contribution in [0.4, 0.5) is 0 Å². The Balaban J connectivity index is 1.81. The lowest BCUT2D eigenvalue weighted by Crippen LogP contribution is -2.47. The van der Waals surface area contributed by atoms with Crippen LogP contribution in [0.3, 0.4) is 0 Å². The molecule has 3 N–H and O–H groups in total. The molecule has 3 rings (SSSR count). The Kier molecular flexibility index (Phi) is 5.19. The Morgan fingerprint density at radius 2 is 2.16 bits per heavy atom. The molecule has 1 aliphatic rings. The minimum absolute atomic E-state index is 0.0193. The molecular weight excluding hydrogens is 338 g/mol. The van der Waals surface area contributed by atoms with Crippen molar-refractivity contribution in [3.63, 3.8) is 0 Å². The van der Waals surface area contributed by atoms with Crippen molar-refractivity contribution in [2.24, 2.45) is 5.73 Å². The van der Waals surface area contributed by atoms with Gasteiger partial charge in [0, 0.05) is 38.1 Å². The predicted molar refractivity (Wildman–Crippen MR) is 97.2 cm³/mol. The Labute approximate surface area is 150 Å². The molecule has 7 nitrogen and oxygen atoms in total. The molecule has 0 aliphatic carbocycles. The number of imidazole rings is 1. The number of H-pyrrole nitrogens is 1. The van der Waals surface area contributed by atoms with E-state index in [9.17, 15) is 9.59 Å². The van der Waals surface area contributed by atoms with E-state index in [0.29, 0.717) is 30.9 Å². The summed E-state index contributed by atoms with van der Waals surface area (Å²) in [6, 6.07) is 3.01. The van der Waals surface area contributed by atoms with Crippen molar-refractivity contribution in [1.29, 1.82) is 0 Å². The summed E-state index contributed by atoms with van der Waals surface area (Å²) in [5.74, 6) is 0.577. The first-order valence-corrected chi connectivity index (χ1v) is 9.31. The van der Waals surface area contributed by atoms with E-state index in [1.807, 2.05) is 19.9 Å². The van der Waals surface area contributed by atoms with E-state index in [-0.39, 0.29) is 17.9 Å². The van der Waals surface area contributed by atoms with Gasteiger partial charge in [-0.1, -0.05) is 0 Å². The highest BCUT2D eigenvalue weighted by atomic mass is 32.1. The number of aromatic amines is 1. The number of hydrogen-bond donors (Lipinski definition) is 2. The van der Waals surface area contributed by atoms with E-state index >= 15 is 0 Å². The van der Waals surface area contributed by atoms with Gasteiger partial charge in [0.15, 0.2) is 0 Å². The molecule has 2 aromatic rings. The molecule has 3 heterocycles. The van der Waals surface area contributed by atoms with Crippen LogP contribution in [0.2, 0.25) is 0 Å². The van der Waals surface area contributed by atoms with Gasteiger partial charge in [-0.05, 0) is 32.4 Å². The van der Waals surface area contributed by atoms with Crippen LogP contribution >= 0.6 is 11.3 Å². The summed E-state index contributed by atoms with van der Waals surface area (Å²) >= 11 is 1.37. The Morgan fingerprint density at radius 3 is 2.80 bits per heavy atom. The van der Waals surface area contributed by atoms with E-state index in [4.69, 9.17) is 5.73 Å². The molecular formula is C17H23N5O2S. The molecule has 2 amide bonds. The molecule has 1 aliphatic heterocycles. The van der Waals surface area contributed by atoms with Gasteiger partial charge in [0.05, 0.1) is 9.75 Å². The van der Waals surface area contributed by atoms with E-state index in [2.05, 4.69) is 9.97 Å². The summed E-state index contributed by atoms with van der Waals surface area (Å²) in [6.45, 7) is 5.55. The molecule has 0 unspecified atom stereocenters. The van der Waals surface area contributed by atoms with E-state index in [0.717, 1.165) is 10.7 Å². The van der Waals surface area contributed by atoms with Gasteiger partial charge in [0.1, 0.15) is 11.9 Å². The highest BCUT2D eigenvalue weighted by Gasteiger charge is 2.40. The maximum absolute atomic E-state index is 13.0. The largest absolute Gasteiger partial charge is 0.344 e.